The third-order valence-electron chi connectivity index (χ3n) is 2.06. The van der Waals surface area contributed by atoms with Crippen LogP contribution in [0.5, 0.6) is 0 Å². The van der Waals surface area contributed by atoms with Crippen molar-refractivity contribution in [1.29, 1.82) is 0 Å². The molecule has 3 heteroatoms. The molecule has 0 aliphatic carbocycles. The molecule has 100 valence electrons. The van der Waals surface area contributed by atoms with E-state index in [1.54, 1.807) is 6.92 Å². The molecule has 0 rings (SSSR count). The number of unbranched alkanes of at least 4 members (excludes halogenated alkanes) is 4. The zero-order chi connectivity index (χ0) is 14.2. The summed E-state index contributed by atoms with van der Waals surface area (Å²) in [6.07, 6.45) is 15.8. The highest BCUT2D eigenvalue weighted by Crippen LogP contribution is 1.98. The van der Waals surface area contributed by atoms with Gasteiger partial charge < -0.3 is 9.90 Å². The molecule has 0 aliphatic rings. The highest BCUT2D eigenvalue weighted by Gasteiger charge is 1.93. The lowest BCUT2D eigenvalue weighted by atomic mass is 10.1. The van der Waals surface area contributed by atoms with Crippen LogP contribution in [0.15, 0.2) is 0 Å². The van der Waals surface area contributed by atoms with Gasteiger partial charge in [0.25, 0.3) is 0 Å². The minimum Gasteiger partial charge on any atom is -0.481 e. The third kappa shape index (κ3) is 23.8. The van der Waals surface area contributed by atoms with E-state index in [1.165, 1.54) is 0 Å². The van der Waals surface area contributed by atoms with Crippen molar-refractivity contribution in [2.75, 3.05) is 0 Å². The highest BCUT2D eigenvalue weighted by molar-refractivity contribution is 5.75. The van der Waals surface area contributed by atoms with Gasteiger partial charge in [0.1, 0.15) is 5.78 Å². The zero-order valence-corrected chi connectivity index (χ0v) is 11.1. The van der Waals surface area contributed by atoms with E-state index in [2.05, 4.69) is 11.8 Å². The Morgan fingerprint density at radius 2 is 1.39 bits per heavy atom. The van der Waals surface area contributed by atoms with Crippen molar-refractivity contribution >= 4 is 11.8 Å². The van der Waals surface area contributed by atoms with Gasteiger partial charge in [-0.25, -0.2) is 0 Å². The van der Waals surface area contributed by atoms with E-state index in [9.17, 15) is 9.59 Å². The summed E-state index contributed by atoms with van der Waals surface area (Å²) in [6.45, 7) is 1.61. The molecule has 1 N–H and O–H groups in total. The molecule has 0 aromatic carbocycles. The molecule has 0 aromatic rings. The fraction of sp³-hybridized carbons (Fsp3) is 0.600. The maximum Gasteiger partial charge on any atom is 0.303 e. The summed E-state index contributed by atoms with van der Waals surface area (Å²) in [4.78, 5) is 20.3. The molecule has 0 spiro atoms. The normalized spacial score (nSPS) is 8.39. The van der Waals surface area contributed by atoms with Crippen LogP contribution in [-0.2, 0) is 9.59 Å². The lowest BCUT2D eigenvalue weighted by Crippen LogP contribution is -1.92. The third-order valence-corrected chi connectivity index (χ3v) is 2.06. The number of terminal acetylenes is 2. The molecule has 0 aliphatic heterocycles. The Bertz CT molecular complexity index is 273. The van der Waals surface area contributed by atoms with Crippen LogP contribution in [0, 0.1) is 24.7 Å². The summed E-state index contributed by atoms with van der Waals surface area (Å²) in [7, 11) is 0. The van der Waals surface area contributed by atoms with E-state index < -0.39 is 5.97 Å². The molecule has 0 heterocycles. The standard InChI is InChI=1S/C8H12O.C7H10O2/c1-3-4-5-6-7-8(2)9;1-2-3-4-5-6-7(8)9/h1H,4-7H2,2H3;1H,3-6H2,(H,8,9). The Balaban J connectivity index is 0. The molecule has 0 aromatic heterocycles. The first-order valence-electron chi connectivity index (χ1n) is 6.12. The molecule has 18 heavy (non-hydrogen) atoms. The molecule has 0 amide bonds. The maximum absolute atomic E-state index is 10.4. The lowest BCUT2D eigenvalue weighted by molar-refractivity contribution is -0.137. The zero-order valence-electron chi connectivity index (χ0n) is 11.1. The number of carboxylic acid groups (broad SMARTS) is 1. The molecular formula is C15H22O3. The Morgan fingerprint density at radius 3 is 1.72 bits per heavy atom. The second-order valence-corrected chi connectivity index (χ2v) is 3.92. The molecule has 0 bridgehead atoms. The fourth-order valence-corrected chi connectivity index (χ4v) is 1.10. The van der Waals surface area contributed by atoms with Gasteiger partial charge in [-0.3, -0.25) is 4.79 Å². The molecule has 0 radical (unpaired) electrons. The predicted octanol–water partition coefficient (Wildman–Crippen LogP) is 3.03. The Kier molecular flexibility index (Phi) is 15.8. The second kappa shape index (κ2) is 15.3. The number of rotatable bonds is 8. The van der Waals surface area contributed by atoms with Crippen molar-refractivity contribution in [3.05, 3.63) is 0 Å². The summed E-state index contributed by atoms with van der Waals surface area (Å²) < 4.78 is 0. The Morgan fingerprint density at radius 1 is 0.944 bits per heavy atom. The minimum absolute atomic E-state index is 0.238. The van der Waals surface area contributed by atoms with Gasteiger partial charge in [-0.05, 0) is 32.6 Å². The number of Topliss-reactive ketones (excluding diaryl/α,β-unsaturated/α-hetero) is 1. The number of hydrogen-bond donors (Lipinski definition) is 1. The quantitative estimate of drug-likeness (QED) is 0.532. The van der Waals surface area contributed by atoms with Crippen molar-refractivity contribution in [2.45, 2.75) is 58.3 Å². The molecule has 0 fully saturated rings. The predicted molar refractivity (Wildman–Crippen MR) is 72.9 cm³/mol. The number of aliphatic carboxylic acids is 1. The number of carbonyl (C=O) groups is 2. The lowest BCUT2D eigenvalue weighted by Gasteiger charge is -1.90. The number of carbonyl (C=O) groups excluding carboxylic acids is 1. The van der Waals surface area contributed by atoms with Crippen LogP contribution in [0.1, 0.15) is 58.3 Å². The van der Waals surface area contributed by atoms with Crippen LogP contribution < -0.4 is 0 Å². The number of carboxylic acids is 1. The summed E-state index contributed by atoms with van der Waals surface area (Å²) >= 11 is 0. The monoisotopic (exact) mass is 250 g/mol. The van der Waals surface area contributed by atoms with Gasteiger partial charge in [-0.15, -0.1) is 24.7 Å². The number of hydrogen-bond acceptors (Lipinski definition) is 2. The first-order chi connectivity index (χ1) is 8.54. The largest absolute Gasteiger partial charge is 0.481 e. The summed E-state index contributed by atoms with van der Waals surface area (Å²) in [5.74, 6) is 4.49. The Labute approximate surface area is 110 Å². The molecule has 0 unspecified atom stereocenters. The van der Waals surface area contributed by atoms with Crippen molar-refractivity contribution in [2.24, 2.45) is 0 Å². The van der Waals surface area contributed by atoms with Gasteiger partial charge >= 0.3 is 5.97 Å². The van der Waals surface area contributed by atoms with Gasteiger partial charge in [0.15, 0.2) is 0 Å². The van der Waals surface area contributed by atoms with E-state index >= 15 is 0 Å². The average Bonchev–Trinajstić information content (AvgIpc) is 2.31. The van der Waals surface area contributed by atoms with Gasteiger partial charge in [-0.2, -0.15) is 0 Å². The number of ketones is 1. The summed E-state index contributed by atoms with van der Waals surface area (Å²) in [6, 6.07) is 0. The van der Waals surface area contributed by atoms with Crippen LogP contribution in [0.25, 0.3) is 0 Å². The van der Waals surface area contributed by atoms with Crippen molar-refractivity contribution in [1.82, 2.24) is 0 Å². The van der Waals surface area contributed by atoms with E-state index in [0.29, 0.717) is 19.3 Å². The first-order valence-corrected chi connectivity index (χ1v) is 6.12. The van der Waals surface area contributed by atoms with Crippen molar-refractivity contribution in [3.63, 3.8) is 0 Å². The van der Waals surface area contributed by atoms with E-state index in [1.807, 2.05) is 0 Å². The SMILES string of the molecule is C#CCCCCC(=O)O.C#CCCCCC(C)=O. The second-order valence-electron chi connectivity index (χ2n) is 3.92. The van der Waals surface area contributed by atoms with Crippen LogP contribution >= 0.6 is 0 Å². The minimum atomic E-state index is -0.743. The maximum atomic E-state index is 10.4. The van der Waals surface area contributed by atoms with Crippen LogP contribution in [0.4, 0.5) is 0 Å². The molecule has 0 saturated heterocycles. The average molecular weight is 250 g/mol. The van der Waals surface area contributed by atoms with Gasteiger partial charge in [0, 0.05) is 25.7 Å². The van der Waals surface area contributed by atoms with Gasteiger partial charge in [-0.1, -0.05) is 0 Å². The van der Waals surface area contributed by atoms with Gasteiger partial charge in [0.05, 0.1) is 0 Å². The van der Waals surface area contributed by atoms with Crippen LogP contribution in [0.3, 0.4) is 0 Å². The van der Waals surface area contributed by atoms with E-state index in [0.717, 1.165) is 25.7 Å². The molecule has 0 saturated carbocycles. The van der Waals surface area contributed by atoms with Crippen molar-refractivity contribution < 1.29 is 14.7 Å². The first kappa shape index (κ1) is 18.6. The summed E-state index contributed by atoms with van der Waals surface area (Å²) in [5, 5.41) is 8.16. The van der Waals surface area contributed by atoms with E-state index in [-0.39, 0.29) is 12.2 Å². The van der Waals surface area contributed by atoms with Crippen LogP contribution in [0.2, 0.25) is 0 Å². The summed E-state index contributed by atoms with van der Waals surface area (Å²) in [5.41, 5.74) is 0. The molecule has 0 atom stereocenters. The topological polar surface area (TPSA) is 54.4 Å². The Hall–Kier alpha value is -1.74. The van der Waals surface area contributed by atoms with Gasteiger partial charge in [0.2, 0.25) is 0 Å². The van der Waals surface area contributed by atoms with Crippen molar-refractivity contribution in [3.8, 4) is 24.7 Å². The smallest absolute Gasteiger partial charge is 0.303 e. The highest BCUT2D eigenvalue weighted by atomic mass is 16.4. The van der Waals surface area contributed by atoms with E-state index in [4.69, 9.17) is 18.0 Å². The molecule has 3 nitrogen and oxygen atoms in total. The van der Waals surface area contributed by atoms with Crippen LogP contribution in [-0.4, -0.2) is 16.9 Å². The fourth-order valence-electron chi connectivity index (χ4n) is 1.10. The molecular weight excluding hydrogens is 228 g/mol.